The van der Waals surface area contributed by atoms with Gasteiger partial charge in [0.15, 0.2) is 0 Å². The van der Waals surface area contributed by atoms with Crippen LogP contribution in [-0.4, -0.2) is 30.9 Å². The Balaban J connectivity index is 3.58. The molecule has 0 bridgehead atoms. The molecule has 0 unspecified atom stereocenters. The molecule has 0 aliphatic heterocycles. The fourth-order valence-electron chi connectivity index (χ4n) is 0.598. The number of carbonyl (C=O) groups is 1. The quantitative estimate of drug-likeness (QED) is 0.561. The van der Waals surface area contributed by atoms with Gasteiger partial charge in [0.2, 0.25) is 5.91 Å². The van der Waals surface area contributed by atoms with Crippen LogP contribution in [0.1, 0.15) is 6.42 Å². The van der Waals surface area contributed by atoms with Gasteiger partial charge in [-0.05, 0) is 0 Å². The van der Waals surface area contributed by atoms with Crippen LogP contribution in [-0.2, 0) is 4.79 Å². The lowest BCUT2D eigenvalue weighted by atomic mass is 10.3. The molecule has 2 N–H and O–H groups in total. The summed E-state index contributed by atoms with van der Waals surface area (Å²) in [4.78, 5) is 12.5. The first-order valence-electron chi connectivity index (χ1n) is 3.27. The average Bonchev–Trinajstić information content (AvgIpc) is 1.89. The summed E-state index contributed by atoms with van der Waals surface area (Å²) >= 11 is 0. The molecule has 0 aliphatic carbocycles. The van der Waals surface area contributed by atoms with E-state index in [1.54, 1.807) is 18.0 Å². The summed E-state index contributed by atoms with van der Waals surface area (Å²) < 4.78 is 0. The highest BCUT2D eigenvalue weighted by atomic mass is 16.2. The molecule has 0 saturated carbocycles. The molecular weight excluding hydrogens is 128 g/mol. The molecule has 0 aliphatic rings. The molecule has 0 radical (unpaired) electrons. The van der Waals surface area contributed by atoms with Gasteiger partial charge in [0.1, 0.15) is 0 Å². The van der Waals surface area contributed by atoms with Gasteiger partial charge < -0.3 is 10.6 Å². The van der Waals surface area contributed by atoms with Crippen LogP contribution in [0.2, 0.25) is 0 Å². The van der Waals surface area contributed by atoms with Gasteiger partial charge in [-0.15, -0.1) is 6.58 Å². The van der Waals surface area contributed by atoms with E-state index in [9.17, 15) is 4.79 Å². The lowest BCUT2D eigenvalue weighted by Gasteiger charge is -2.13. The van der Waals surface area contributed by atoms with Gasteiger partial charge in [-0.1, -0.05) is 6.08 Å². The van der Waals surface area contributed by atoms with Crippen LogP contribution in [0.15, 0.2) is 12.7 Å². The molecule has 0 rings (SSSR count). The largest absolute Gasteiger partial charge is 0.344 e. The molecule has 0 atom stereocenters. The van der Waals surface area contributed by atoms with Crippen LogP contribution in [0.25, 0.3) is 0 Å². The molecule has 0 spiro atoms. The van der Waals surface area contributed by atoms with Gasteiger partial charge in [-0.3, -0.25) is 4.79 Å². The second kappa shape index (κ2) is 4.99. The molecule has 3 heteroatoms. The maximum atomic E-state index is 10.9. The zero-order chi connectivity index (χ0) is 7.98. The van der Waals surface area contributed by atoms with E-state index in [1.165, 1.54) is 0 Å². The standard InChI is InChI=1S/C7H14N2O/c1-3-4-7(10)9(2)6-5-8/h3H,1,4-6,8H2,2H3. The van der Waals surface area contributed by atoms with Gasteiger partial charge in [0.05, 0.1) is 0 Å². The van der Waals surface area contributed by atoms with Crippen molar-refractivity contribution < 1.29 is 4.79 Å². The third-order valence-corrected chi connectivity index (χ3v) is 1.21. The van der Waals surface area contributed by atoms with E-state index in [-0.39, 0.29) is 5.91 Å². The summed E-state index contributed by atoms with van der Waals surface area (Å²) in [5.41, 5.74) is 5.24. The Labute approximate surface area is 61.5 Å². The lowest BCUT2D eigenvalue weighted by Crippen LogP contribution is -2.31. The first-order chi connectivity index (χ1) is 4.72. The smallest absolute Gasteiger partial charge is 0.226 e. The van der Waals surface area contributed by atoms with E-state index in [0.29, 0.717) is 19.5 Å². The molecule has 0 aromatic heterocycles. The van der Waals surface area contributed by atoms with Crippen LogP contribution in [0.5, 0.6) is 0 Å². The number of nitrogens with zero attached hydrogens (tertiary/aromatic N) is 1. The van der Waals surface area contributed by atoms with E-state index in [4.69, 9.17) is 5.73 Å². The Hall–Kier alpha value is -0.830. The molecule has 0 saturated heterocycles. The Bertz CT molecular complexity index is 123. The predicted molar refractivity (Wildman–Crippen MR) is 41.5 cm³/mol. The number of nitrogens with two attached hydrogens (primary N) is 1. The monoisotopic (exact) mass is 142 g/mol. The minimum atomic E-state index is 0.0699. The zero-order valence-electron chi connectivity index (χ0n) is 6.34. The second-order valence-electron chi connectivity index (χ2n) is 2.10. The van der Waals surface area contributed by atoms with E-state index in [1.807, 2.05) is 0 Å². The van der Waals surface area contributed by atoms with Gasteiger partial charge in [-0.2, -0.15) is 0 Å². The van der Waals surface area contributed by atoms with E-state index < -0.39 is 0 Å². The summed E-state index contributed by atoms with van der Waals surface area (Å²) in [6.45, 7) is 4.60. The van der Waals surface area contributed by atoms with Crippen molar-refractivity contribution in [3.05, 3.63) is 12.7 Å². The maximum Gasteiger partial charge on any atom is 0.226 e. The number of carbonyl (C=O) groups excluding carboxylic acids is 1. The molecule has 0 aromatic carbocycles. The summed E-state index contributed by atoms with van der Waals surface area (Å²) in [6, 6.07) is 0. The zero-order valence-corrected chi connectivity index (χ0v) is 6.34. The topological polar surface area (TPSA) is 46.3 Å². The van der Waals surface area contributed by atoms with Crippen molar-refractivity contribution in [1.29, 1.82) is 0 Å². The molecule has 58 valence electrons. The minimum absolute atomic E-state index is 0.0699. The average molecular weight is 142 g/mol. The predicted octanol–water partition coefficient (Wildman–Crippen LogP) is -0.0204. The summed E-state index contributed by atoms with van der Waals surface area (Å²) in [6.07, 6.45) is 1.99. The van der Waals surface area contributed by atoms with E-state index >= 15 is 0 Å². The van der Waals surface area contributed by atoms with Gasteiger partial charge in [0, 0.05) is 26.6 Å². The molecule has 3 nitrogen and oxygen atoms in total. The Morgan fingerprint density at radius 1 is 1.80 bits per heavy atom. The number of hydrogen-bond donors (Lipinski definition) is 1. The first-order valence-corrected chi connectivity index (χ1v) is 3.27. The minimum Gasteiger partial charge on any atom is -0.344 e. The third kappa shape index (κ3) is 3.25. The Morgan fingerprint density at radius 2 is 2.40 bits per heavy atom. The molecule has 0 fully saturated rings. The Morgan fingerprint density at radius 3 is 2.80 bits per heavy atom. The summed E-state index contributed by atoms with van der Waals surface area (Å²) in [7, 11) is 1.73. The van der Waals surface area contributed by atoms with Crippen LogP contribution < -0.4 is 5.73 Å². The molecule has 1 amide bonds. The number of hydrogen-bond acceptors (Lipinski definition) is 2. The van der Waals surface area contributed by atoms with Crippen molar-refractivity contribution in [2.75, 3.05) is 20.1 Å². The van der Waals surface area contributed by atoms with Crippen molar-refractivity contribution in [2.24, 2.45) is 5.73 Å². The van der Waals surface area contributed by atoms with Crippen molar-refractivity contribution in [2.45, 2.75) is 6.42 Å². The van der Waals surface area contributed by atoms with Crippen LogP contribution in [0, 0.1) is 0 Å². The van der Waals surface area contributed by atoms with Gasteiger partial charge in [-0.25, -0.2) is 0 Å². The van der Waals surface area contributed by atoms with Crippen molar-refractivity contribution in [3.8, 4) is 0 Å². The highest BCUT2D eigenvalue weighted by Crippen LogP contribution is 1.88. The van der Waals surface area contributed by atoms with Gasteiger partial charge in [0.25, 0.3) is 0 Å². The lowest BCUT2D eigenvalue weighted by molar-refractivity contribution is -0.128. The highest BCUT2D eigenvalue weighted by Gasteiger charge is 2.03. The first kappa shape index (κ1) is 9.17. The fourth-order valence-corrected chi connectivity index (χ4v) is 0.598. The van der Waals surface area contributed by atoms with Crippen LogP contribution >= 0.6 is 0 Å². The molecule has 0 heterocycles. The molecule has 0 aromatic rings. The Kier molecular flexibility index (Phi) is 4.58. The third-order valence-electron chi connectivity index (χ3n) is 1.21. The maximum absolute atomic E-state index is 10.9. The van der Waals surface area contributed by atoms with E-state index in [2.05, 4.69) is 6.58 Å². The molecule has 10 heavy (non-hydrogen) atoms. The van der Waals surface area contributed by atoms with Crippen molar-refractivity contribution >= 4 is 5.91 Å². The fraction of sp³-hybridized carbons (Fsp3) is 0.571. The summed E-state index contributed by atoms with van der Waals surface area (Å²) in [5.74, 6) is 0.0699. The van der Waals surface area contributed by atoms with Crippen LogP contribution in [0.3, 0.4) is 0 Å². The van der Waals surface area contributed by atoms with E-state index in [0.717, 1.165) is 0 Å². The van der Waals surface area contributed by atoms with Crippen LogP contribution in [0.4, 0.5) is 0 Å². The SMILES string of the molecule is C=CCC(=O)N(C)CCN. The normalized spacial score (nSPS) is 9.00. The van der Waals surface area contributed by atoms with Crippen molar-refractivity contribution in [1.82, 2.24) is 4.90 Å². The number of likely N-dealkylation sites (N-methyl/N-ethyl adjacent to an activating group) is 1. The molecular formula is C7H14N2O. The van der Waals surface area contributed by atoms with Crippen molar-refractivity contribution in [3.63, 3.8) is 0 Å². The number of amides is 1. The summed E-state index contributed by atoms with van der Waals surface area (Å²) in [5, 5.41) is 0. The second-order valence-corrected chi connectivity index (χ2v) is 2.10. The highest BCUT2D eigenvalue weighted by molar-refractivity contribution is 5.77. The number of rotatable bonds is 4. The van der Waals surface area contributed by atoms with Gasteiger partial charge >= 0.3 is 0 Å².